The molecule has 3 nitrogen and oxygen atoms in total. The lowest BCUT2D eigenvalue weighted by atomic mass is 9.84. The van der Waals surface area contributed by atoms with E-state index in [0.29, 0.717) is 5.41 Å². The molecule has 3 rings (SSSR count). The van der Waals surface area contributed by atoms with E-state index in [1.165, 1.54) is 44.3 Å². The van der Waals surface area contributed by atoms with Gasteiger partial charge in [-0.3, -0.25) is 4.90 Å². The van der Waals surface area contributed by atoms with Crippen molar-refractivity contribution in [3.63, 3.8) is 0 Å². The number of nitrogens with one attached hydrogen (secondary N) is 1. The van der Waals surface area contributed by atoms with Gasteiger partial charge in [-0.25, -0.2) is 0 Å². The van der Waals surface area contributed by atoms with Crippen LogP contribution in [-0.4, -0.2) is 24.0 Å². The van der Waals surface area contributed by atoms with Crippen molar-refractivity contribution in [2.24, 2.45) is 5.41 Å². The van der Waals surface area contributed by atoms with Gasteiger partial charge >= 0.3 is 0 Å². The molecule has 1 saturated carbocycles. The highest BCUT2D eigenvalue weighted by Crippen LogP contribution is 2.29. The van der Waals surface area contributed by atoms with Crippen LogP contribution >= 0.6 is 0 Å². The van der Waals surface area contributed by atoms with Gasteiger partial charge in [-0.2, -0.15) is 0 Å². The summed E-state index contributed by atoms with van der Waals surface area (Å²) in [6, 6.07) is 3.02. The maximum atomic E-state index is 5.96. The lowest BCUT2D eigenvalue weighted by Crippen LogP contribution is -2.39. The van der Waals surface area contributed by atoms with Crippen LogP contribution in [0.5, 0.6) is 0 Å². The molecule has 1 saturated heterocycles. The topological polar surface area (TPSA) is 28.4 Å². The van der Waals surface area contributed by atoms with Crippen molar-refractivity contribution in [1.29, 1.82) is 0 Å². The molecule has 1 aromatic rings. The molecule has 1 aromatic heterocycles. The summed E-state index contributed by atoms with van der Waals surface area (Å²) in [5.74, 6) is 2.22. The fraction of sp³-hybridized carbons (Fsp3) is 0.765. The Balaban J connectivity index is 1.57. The van der Waals surface area contributed by atoms with E-state index in [2.05, 4.69) is 37.1 Å². The van der Waals surface area contributed by atoms with Gasteiger partial charge in [0, 0.05) is 24.7 Å². The predicted molar refractivity (Wildman–Crippen MR) is 81.6 cm³/mol. The van der Waals surface area contributed by atoms with E-state index >= 15 is 0 Å². The number of rotatable bonds is 5. The van der Waals surface area contributed by atoms with Gasteiger partial charge in [0.2, 0.25) is 0 Å². The molecule has 1 aliphatic heterocycles. The summed E-state index contributed by atoms with van der Waals surface area (Å²) in [6.07, 6.45) is 5.33. The highest BCUT2D eigenvalue weighted by molar-refractivity contribution is 5.21. The molecule has 0 bridgehead atoms. The number of piperidine rings is 1. The highest BCUT2D eigenvalue weighted by atomic mass is 16.3. The fourth-order valence-electron chi connectivity index (χ4n) is 3.28. The van der Waals surface area contributed by atoms with E-state index in [0.717, 1.165) is 30.7 Å². The Kier molecular flexibility index (Phi) is 3.91. The molecule has 0 amide bonds. The Morgan fingerprint density at radius 1 is 1.40 bits per heavy atom. The monoisotopic (exact) mass is 276 g/mol. The largest absolute Gasteiger partial charge is 0.465 e. The Hall–Kier alpha value is -0.800. The number of nitrogens with zero attached hydrogens (tertiary/aromatic N) is 1. The first-order valence-electron chi connectivity index (χ1n) is 8.06. The van der Waals surface area contributed by atoms with Gasteiger partial charge in [0.05, 0.1) is 6.54 Å². The molecule has 0 radical (unpaired) electrons. The Labute approximate surface area is 122 Å². The average molecular weight is 276 g/mol. The molecule has 0 atom stereocenters. The van der Waals surface area contributed by atoms with Crippen molar-refractivity contribution in [3.05, 3.63) is 23.2 Å². The maximum Gasteiger partial charge on any atom is 0.118 e. The molecule has 1 aliphatic carbocycles. The van der Waals surface area contributed by atoms with Gasteiger partial charge in [0.15, 0.2) is 0 Å². The third kappa shape index (κ3) is 3.64. The van der Waals surface area contributed by atoms with Crippen molar-refractivity contribution in [1.82, 2.24) is 10.2 Å². The minimum absolute atomic E-state index is 0.455. The molecule has 20 heavy (non-hydrogen) atoms. The van der Waals surface area contributed by atoms with Gasteiger partial charge in [0.25, 0.3) is 0 Å². The first kappa shape index (κ1) is 14.2. The Morgan fingerprint density at radius 3 is 2.90 bits per heavy atom. The summed E-state index contributed by atoms with van der Waals surface area (Å²) in [6.45, 7) is 11.2. The zero-order valence-corrected chi connectivity index (χ0v) is 13.2. The highest BCUT2D eigenvalue weighted by Gasteiger charge is 2.27. The van der Waals surface area contributed by atoms with Crippen molar-refractivity contribution >= 4 is 0 Å². The van der Waals surface area contributed by atoms with Crippen molar-refractivity contribution in [3.8, 4) is 0 Å². The van der Waals surface area contributed by atoms with Crippen LogP contribution in [0.15, 0.2) is 10.5 Å². The van der Waals surface area contributed by atoms with Gasteiger partial charge in [-0.1, -0.05) is 13.8 Å². The maximum absolute atomic E-state index is 5.96. The zero-order valence-electron chi connectivity index (χ0n) is 13.2. The number of hydrogen-bond acceptors (Lipinski definition) is 3. The molecule has 0 unspecified atom stereocenters. The summed E-state index contributed by atoms with van der Waals surface area (Å²) in [7, 11) is 0. The normalized spacial score (nSPS) is 23.1. The number of furan rings is 1. The molecule has 112 valence electrons. The van der Waals surface area contributed by atoms with Crippen LogP contribution in [0, 0.1) is 12.3 Å². The minimum atomic E-state index is 0.455. The van der Waals surface area contributed by atoms with Crippen LogP contribution < -0.4 is 5.32 Å². The molecule has 0 aromatic carbocycles. The van der Waals surface area contributed by atoms with Crippen LogP contribution in [0.25, 0.3) is 0 Å². The van der Waals surface area contributed by atoms with Gasteiger partial charge in [-0.05, 0) is 50.6 Å². The Morgan fingerprint density at radius 2 is 2.20 bits per heavy atom. The molecule has 2 heterocycles. The van der Waals surface area contributed by atoms with Crippen molar-refractivity contribution in [2.75, 3.05) is 13.1 Å². The second kappa shape index (κ2) is 5.53. The summed E-state index contributed by atoms with van der Waals surface area (Å²) >= 11 is 0. The van der Waals surface area contributed by atoms with Crippen LogP contribution in [0.3, 0.4) is 0 Å². The minimum Gasteiger partial charge on any atom is -0.465 e. The third-order valence-corrected chi connectivity index (χ3v) is 4.59. The molecule has 1 N–H and O–H groups in total. The van der Waals surface area contributed by atoms with Gasteiger partial charge < -0.3 is 9.73 Å². The average Bonchev–Trinajstić information content (AvgIpc) is 3.11. The van der Waals surface area contributed by atoms with E-state index in [1.807, 2.05) is 0 Å². The predicted octanol–water partition coefficient (Wildman–Crippen LogP) is 3.46. The molecule has 0 spiro atoms. The van der Waals surface area contributed by atoms with Crippen molar-refractivity contribution < 1.29 is 4.42 Å². The number of hydrogen-bond donors (Lipinski definition) is 1. The molecule has 2 aliphatic rings. The van der Waals surface area contributed by atoms with Gasteiger partial charge in [-0.15, -0.1) is 0 Å². The summed E-state index contributed by atoms with van der Waals surface area (Å²) in [4.78, 5) is 2.54. The Bertz CT molecular complexity index is 460. The van der Waals surface area contributed by atoms with Crippen LogP contribution in [0.4, 0.5) is 0 Å². The SMILES string of the molecule is Cc1oc(CN2CCCC(C)(C)C2)cc1CNC1CC1. The fourth-order valence-corrected chi connectivity index (χ4v) is 3.28. The first-order chi connectivity index (χ1) is 9.52. The molecular weight excluding hydrogens is 248 g/mol. The third-order valence-electron chi connectivity index (χ3n) is 4.59. The molecule has 3 heteroatoms. The summed E-state index contributed by atoms with van der Waals surface area (Å²) < 4.78 is 5.96. The lowest BCUT2D eigenvalue weighted by Gasteiger charge is -2.37. The first-order valence-corrected chi connectivity index (χ1v) is 8.06. The second-order valence-corrected chi connectivity index (χ2v) is 7.43. The molecular formula is C17H28N2O. The number of aryl methyl sites for hydroxylation is 1. The van der Waals surface area contributed by atoms with E-state index < -0.39 is 0 Å². The quantitative estimate of drug-likeness (QED) is 0.892. The van der Waals surface area contributed by atoms with E-state index in [1.54, 1.807) is 0 Å². The smallest absolute Gasteiger partial charge is 0.118 e. The van der Waals surface area contributed by atoms with Crippen LogP contribution in [-0.2, 0) is 13.1 Å². The van der Waals surface area contributed by atoms with E-state index in [4.69, 9.17) is 4.42 Å². The molecule has 2 fully saturated rings. The number of likely N-dealkylation sites (tertiary alicyclic amines) is 1. The van der Waals surface area contributed by atoms with E-state index in [-0.39, 0.29) is 0 Å². The summed E-state index contributed by atoms with van der Waals surface area (Å²) in [5, 5.41) is 3.57. The van der Waals surface area contributed by atoms with Crippen molar-refractivity contribution in [2.45, 2.75) is 65.6 Å². The van der Waals surface area contributed by atoms with Crippen LogP contribution in [0.2, 0.25) is 0 Å². The van der Waals surface area contributed by atoms with Gasteiger partial charge in [0.1, 0.15) is 11.5 Å². The van der Waals surface area contributed by atoms with E-state index in [9.17, 15) is 0 Å². The second-order valence-electron chi connectivity index (χ2n) is 7.43. The summed E-state index contributed by atoms with van der Waals surface area (Å²) in [5.41, 5.74) is 1.79. The van der Waals surface area contributed by atoms with Crippen LogP contribution in [0.1, 0.15) is 56.6 Å². The standard InChI is InChI=1S/C17H28N2O/c1-13-14(10-18-15-5-6-15)9-16(20-13)11-19-8-4-7-17(2,3)12-19/h9,15,18H,4-8,10-12H2,1-3H3. The zero-order chi connectivity index (χ0) is 14.2. The lowest BCUT2D eigenvalue weighted by molar-refractivity contribution is 0.105.